The first-order valence-corrected chi connectivity index (χ1v) is 9.89. The van der Waals surface area contributed by atoms with Gasteiger partial charge in [0.1, 0.15) is 0 Å². The minimum atomic E-state index is -0.350. The molecule has 4 rings (SSSR count). The van der Waals surface area contributed by atoms with Crippen molar-refractivity contribution in [1.29, 1.82) is 0 Å². The van der Waals surface area contributed by atoms with Gasteiger partial charge in [-0.1, -0.05) is 12.1 Å². The molecule has 0 aliphatic carbocycles. The monoisotopic (exact) mass is 430 g/mol. The zero-order chi connectivity index (χ0) is 22.3. The summed E-state index contributed by atoms with van der Waals surface area (Å²) in [5, 5.41) is 9.66. The molecule has 9 heteroatoms. The number of benzene rings is 1. The normalized spacial score (nSPS) is 10.4. The lowest BCUT2D eigenvalue weighted by atomic mass is 10.2. The van der Waals surface area contributed by atoms with Crippen molar-refractivity contribution in [3.63, 3.8) is 0 Å². The molecule has 0 radical (unpaired) electrons. The molecule has 1 aromatic carbocycles. The van der Waals surface area contributed by atoms with Crippen molar-refractivity contribution in [2.24, 2.45) is 0 Å². The predicted octanol–water partition coefficient (Wildman–Crippen LogP) is 4.09. The van der Waals surface area contributed by atoms with Crippen molar-refractivity contribution in [2.45, 2.75) is 13.5 Å². The minimum absolute atomic E-state index is 0.333. The van der Waals surface area contributed by atoms with E-state index in [4.69, 9.17) is 9.47 Å². The number of rotatable bonds is 7. The molecule has 9 nitrogen and oxygen atoms in total. The summed E-state index contributed by atoms with van der Waals surface area (Å²) in [6.07, 6.45) is 6.73. The maximum Gasteiger partial charge on any atom is 0.319 e. The summed E-state index contributed by atoms with van der Waals surface area (Å²) in [5.74, 6) is 2.29. The van der Waals surface area contributed by atoms with E-state index in [9.17, 15) is 4.79 Å². The molecule has 0 fully saturated rings. The van der Waals surface area contributed by atoms with Crippen LogP contribution in [0.25, 0.3) is 5.82 Å². The summed E-state index contributed by atoms with van der Waals surface area (Å²) < 4.78 is 12.8. The number of hydrogen-bond acceptors (Lipinski definition) is 6. The van der Waals surface area contributed by atoms with Crippen molar-refractivity contribution in [2.75, 3.05) is 12.4 Å². The smallest absolute Gasteiger partial charge is 0.319 e. The van der Waals surface area contributed by atoms with Gasteiger partial charge in [-0.15, -0.1) is 0 Å². The molecule has 0 saturated carbocycles. The fourth-order valence-corrected chi connectivity index (χ4v) is 2.91. The fourth-order valence-electron chi connectivity index (χ4n) is 2.91. The number of amides is 2. The summed E-state index contributed by atoms with van der Waals surface area (Å²) in [6, 6.07) is 14.2. The molecular weight excluding hydrogens is 408 g/mol. The molecule has 4 aromatic rings. The lowest BCUT2D eigenvalue weighted by molar-refractivity contribution is 0.251. The lowest BCUT2D eigenvalue weighted by Gasteiger charge is -2.11. The minimum Gasteiger partial charge on any atom is -0.493 e. The predicted molar refractivity (Wildman–Crippen MR) is 119 cm³/mol. The average molecular weight is 430 g/mol. The molecule has 0 aliphatic rings. The molecule has 0 saturated heterocycles. The van der Waals surface area contributed by atoms with Gasteiger partial charge in [-0.25, -0.2) is 19.4 Å². The molecule has 0 aliphatic heterocycles. The van der Waals surface area contributed by atoms with E-state index < -0.39 is 0 Å². The highest BCUT2D eigenvalue weighted by Crippen LogP contribution is 2.31. The van der Waals surface area contributed by atoms with Gasteiger partial charge in [0.05, 0.1) is 19.0 Å². The Balaban J connectivity index is 1.29. The van der Waals surface area contributed by atoms with Crippen LogP contribution in [-0.2, 0) is 6.54 Å². The molecule has 32 heavy (non-hydrogen) atoms. The van der Waals surface area contributed by atoms with Crippen molar-refractivity contribution in [1.82, 2.24) is 25.1 Å². The number of pyridine rings is 2. The Morgan fingerprint density at radius 1 is 1.06 bits per heavy atom. The number of urea groups is 1. The molecule has 3 aromatic heterocycles. The number of aromatic nitrogens is 4. The first-order chi connectivity index (χ1) is 15.6. The highest BCUT2D eigenvalue weighted by atomic mass is 16.5. The molecule has 0 unspecified atom stereocenters. The number of nitrogens with zero attached hydrogens (tertiary/aromatic N) is 4. The number of nitrogens with one attached hydrogen (secondary N) is 2. The van der Waals surface area contributed by atoms with Crippen LogP contribution in [0, 0.1) is 6.92 Å². The standard InChI is InChI=1S/C23H22N6O3/c1-16-4-7-19(20(12-16)31-2)32-22-9-6-18(15-25-22)28-23(30)26-14-17-5-8-21(24-13-17)29-11-3-10-27-29/h3-13,15H,14H2,1-2H3,(H2,26,28,30). The Labute approximate surface area is 185 Å². The van der Waals surface area contributed by atoms with Gasteiger partial charge >= 0.3 is 6.03 Å². The molecule has 2 amide bonds. The zero-order valence-corrected chi connectivity index (χ0v) is 17.6. The fraction of sp³-hybridized carbons (Fsp3) is 0.130. The van der Waals surface area contributed by atoms with Crippen molar-refractivity contribution < 1.29 is 14.3 Å². The number of carbonyl (C=O) groups excluding carboxylic acids is 1. The zero-order valence-electron chi connectivity index (χ0n) is 17.6. The topological polar surface area (TPSA) is 103 Å². The third-order valence-electron chi connectivity index (χ3n) is 4.53. The van der Waals surface area contributed by atoms with Crippen LogP contribution in [0.4, 0.5) is 10.5 Å². The van der Waals surface area contributed by atoms with E-state index in [0.29, 0.717) is 35.4 Å². The average Bonchev–Trinajstić information content (AvgIpc) is 3.35. The van der Waals surface area contributed by atoms with E-state index in [-0.39, 0.29) is 6.03 Å². The number of aryl methyl sites for hydroxylation is 1. The Hall–Kier alpha value is -4.40. The van der Waals surface area contributed by atoms with Crippen LogP contribution in [0.3, 0.4) is 0 Å². The van der Waals surface area contributed by atoms with E-state index >= 15 is 0 Å². The Bertz CT molecular complexity index is 1180. The second kappa shape index (κ2) is 9.61. The summed E-state index contributed by atoms with van der Waals surface area (Å²) in [5.41, 5.74) is 2.47. The van der Waals surface area contributed by atoms with Crippen LogP contribution in [-0.4, -0.2) is 32.9 Å². The largest absolute Gasteiger partial charge is 0.493 e. The molecule has 0 spiro atoms. The number of hydrogen-bond donors (Lipinski definition) is 2. The molecular formula is C23H22N6O3. The third-order valence-corrected chi connectivity index (χ3v) is 4.53. The van der Waals surface area contributed by atoms with Crippen LogP contribution < -0.4 is 20.1 Å². The molecule has 162 valence electrons. The van der Waals surface area contributed by atoms with Gasteiger partial charge in [-0.2, -0.15) is 5.10 Å². The van der Waals surface area contributed by atoms with Gasteiger partial charge in [0.15, 0.2) is 17.3 Å². The number of methoxy groups -OCH3 is 1. The van der Waals surface area contributed by atoms with Gasteiger partial charge in [0.2, 0.25) is 5.88 Å². The maximum atomic E-state index is 12.2. The van der Waals surface area contributed by atoms with E-state index in [0.717, 1.165) is 11.1 Å². The van der Waals surface area contributed by atoms with Gasteiger partial charge in [-0.05, 0) is 48.4 Å². The lowest BCUT2D eigenvalue weighted by Crippen LogP contribution is -2.28. The first kappa shape index (κ1) is 20.9. The van der Waals surface area contributed by atoms with E-state index in [1.165, 1.54) is 6.20 Å². The van der Waals surface area contributed by atoms with Crippen molar-refractivity contribution in [3.8, 4) is 23.2 Å². The molecule has 0 atom stereocenters. The van der Waals surface area contributed by atoms with Crippen LogP contribution in [0.5, 0.6) is 17.4 Å². The van der Waals surface area contributed by atoms with Gasteiger partial charge in [-0.3, -0.25) is 0 Å². The SMILES string of the molecule is COc1cc(C)ccc1Oc1ccc(NC(=O)NCc2ccc(-n3cccn3)nc2)cn1. The van der Waals surface area contributed by atoms with E-state index in [2.05, 4.69) is 25.7 Å². The second-order valence-electron chi connectivity index (χ2n) is 6.92. The number of ether oxygens (including phenoxy) is 2. The van der Waals surface area contributed by atoms with E-state index in [1.807, 2.05) is 49.5 Å². The van der Waals surface area contributed by atoms with Crippen molar-refractivity contribution >= 4 is 11.7 Å². The highest BCUT2D eigenvalue weighted by Gasteiger charge is 2.08. The van der Waals surface area contributed by atoms with Crippen LogP contribution in [0.2, 0.25) is 0 Å². The summed E-state index contributed by atoms with van der Waals surface area (Å²) in [7, 11) is 1.59. The van der Waals surface area contributed by atoms with Crippen molar-refractivity contribution in [3.05, 3.63) is 84.4 Å². The number of carbonyl (C=O) groups is 1. The molecule has 3 heterocycles. The Morgan fingerprint density at radius 2 is 1.97 bits per heavy atom. The van der Waals surface area contributed by atoms with Crippen LogP contribution in [0.1, 0.15) is 11.1 Å². The van der Waals surface area contributed by atoms with Gasteiger partial charge in [0.25, 0.3) is 0 Å². The Morgan fingerprint density at radius 3 is 2.66 bits per heavy atom. The summed E-state index contributed by atoms with van der Waals surface area (Å²) in [4.78, 5) is 20.8. The second-order valence-corrected chi connectivity index (χ2v) is 6.92. The summed E-state index contributed by atoms with van der Waals surface area (Å²) >= 11 is 0. The van der Waals surface area contributed by atoms with Crippen LogP contribution >= 0.6 is 0 Å². The third kappa shape index (κ3) is 5.20. The number of anilines is 1. The molecule has 2 N–H and O–H groups in total. The molecule has 0 bridgehead atoms. The van der Waals surface area contributed by atoms with Gasteiger partial charge in [0, 0.05) is 31.2 Å². The highest BCUT2D eigenvalue weighted by molar-refractivity contribution is 5.88. The van der Waals surface area contributed by atoms with Crippen LogP contribution in [0.15, 0.2) is 73.3 Å². The van der Waals surface area contributed by atoms with E-state index in [1.54, 1.807) is 36.3 Å². The van der Waals surface area contributed by atoms with Gasteiger partial charge < -0.3 is 20.1 Å². The summed E-state index contributed by atoms with van der Waals surface area (Å²) in [6.45, 7) is 2.31. The maximum absolute atomic E-state index is 12.2. The quantitative estimate of drug-likeness (QED) is 0.458. The Kier molecular flexibility index (Phi) is 6.26. The first-order valence-electron chi connectivity index (χ1n) is 9.89.